The molecule has 2 amide bonds. The van der Waals surface area contributed by atoms with Crippen molar-refractivity contribution in [3.63, 3.8) is 0 Å². The van der Waals surface area contributed by atoms with E-state index in [1.807, 2.05) is 46.7 Å². The molecule has 1 aliphatic heterocycles. The Morgan fingerprint density at radius 3 is 2.36 bits per heavy atom. The summed E-state index contributed by atoms with van der Waals surface area (Å²) in [6.45, 7) is 5.65. The lowest BCUT2D eigenvalue weighted by Crippen LogP contribution is -2.46. The standard InChI is InChI=1S/C20H24N2O2S/c1-14(2)15-5-7-16(8-6-15)20(24)22-11-9-17(10-12-22)21-19(23)18-4-3-13-25-18/h3-8,13-14,17H,9-12H2,1-2H3,(H,21,23). The highest BCUT2D eigenvalue weighted by molar-refractivity contribution is 7.12. The molecule has 132 valence electrons. The topological polar surface area (TPSA) is 49.4 Å². The Hall–Kier alpha value is -2.14. The third kappa shape index (κ3) is 4.28. The average Bonchev–Trinajstić information content (AvgIpc) is 3.17. The maximum absolute atomic E-state index is 12.6. The van der Waals surface area contributed by atoms with E-state index in [1.165, 1.54) is 16.9 Å². The molecule has 1 saturated heterocycles. The van der Waals surface area contributed by atoms with Crippen LogP contribution in [0.3, 0.4) is 0 Å². The molecule has 0 saturated carbocycles. The van der Waals surface area contributed by atoms with E-state index in [0.717, 1.165) is 23.3 Å². The van der Waals surface area contributed by atoms with Crippen molar-refractivity contribution < 1.29 is 9.59 Å². The van der Waals surface area contributed by atoms with Crippen LogP contribution in [0.15, 0.2) is 41.8 Å². The van der Waals surface area contributed by atoms with Crippen LogP contribution in [0.25, 0.3) is 0 Å². The number of likely N-dealkylation sites (tertiary alicyclic amines) is 1. The Morgan fingerprint density at radius 1 is 1.12 bits per heavy atom. The maximum Gasteiger partial charge on any atom is 0.261 e. The number of carbonyl (C=O) groups is 2. The Kier molecular flexibility index (Phi) is 5.53. The van der Waals surface area contributed by atoms with E-state index in [4.69, 9.17) is 0 Å². The maximum atomic E-state index is 12.6. The number of thiophene rings is 1. The molecular weight excluding hydrogens is 332 g/mol. The monoisotopic (exact) mass is 356 g/mol. The zero-order valence-corrected chi connectivity index (χ0v) is 15.5. The van der Waals surface area contributed by atoms with Gasteiger partial charge in [0, 0.05) is 24.7 Å². The van der Waals surface area contributed by atoms with Crippen LogP contribution in [0.5, 0.6) is 0 Å². The SMILES string of the molecule is CC(C)c1ccc(C(=O)N2CCC(NC(=O)c3cccs3)CC2)cc1. The van der Waals surface area contributed by atoms with Crippen molar-refractivity contribution in [3.8, 4) is 0 Å². The van der Waals surface area contributed by atoms with E-state index in [0.29, 0.717) is 19.0 Å². The predicted octanol–water partition coefficient (Wildman–Crippen LogP) is 3.91. The van der Waals surface area contributed by atoms with Gasteiger partial charge in [-0.2, -0.15) is 0 Å². The molecule has 1 fully saturated rings. The van der Waals surface area contributed by atoms with Gasteiger partial charge in [0.2, 0.25) is 0 Å². The average molecular weight is 356 g/mol. The van der Waals surface area contributed by atoms with E-state index in [-0.39, 0.29) is 17.9 Å². The van der Waals surface area contributed by atoms with Crippen LogP contribution in [-0.4, -0.2) is 35.8 Å². The van der Waals surface area contributed by atoms with Crippen molar-refractivity contribution in [3.05, 3.63) is 57.8 Å². The molecular formula is C20H24N2O2S. The highest BCUT2D eigenvalue weighted by atomic mass is 32.1. The van der Waals surface area contributed by atoms with Gasteiger partial charge in [-0.25, -0.2) is 0 Å². The fraction of sp³-hybridized carbons (Fsp3) is 0.400. The van der Waals surface area contributed by atoms with Crippen molar-refractivity contribution in [2.24, 2.45) is 0 Å². The molecule has 1 N–H and O–H groups in total. The van der Waals surface area contributed by atoms with Crippen molar-refractivity contribution in [1.82, 2.24) is 10.2 Å². The number of nitrogens with zero attached hydrogens (tertiary/aromatic N) is 1. The molecule has 5 heteroatoms. The van der Waals surface area contributed by atoms with Gasteiger partial charge in [0.1, 0.15) is 0 Å². The number of piperidine rings is 1. The van der Waals surface area contributed by atoms with Crippen LogP contribution in [0.1, 0.15) is 58.2 Å². The third-order valence-electron chi connectivity index (χ3n) is 4.69. The van der Waals surface area contributed by atoms with E-state index < -0.39 is 0 Å². The van der Waals surface area contributed by atoms with Crippen LogP contribution in [-0.2, 0) is 0 Å². The molecule has 0 atom stereocenters. The second-order valence-corrected chi connectivity index (χ2v) is 7.74. The van der Waals surface area contributed by atoms with Gasteiger partial charge in [0.25, 0.3) is 11.8 Å². The van der Waals surface area contributed by atoms with Gasteiger partial charge in [-0.15, -0.1) is 11.3 Å². The van der Waals surface area contributed by atoms with Gasteiger partial charge < -0.3 is 10.2 Å². The van der Waals surface area contributed by atoms with Gasteiger partial charge in [-0.05, 0) is 47.9 Å². The molecule has 3 rings (SSSR count). The summed E-state index contributed by atoms with van der Waals surface area (Å²) in [5.41, 5.74) is 1.98. The molecule has 1 aliphatic rings. The lowest BCUT2D eigenvalue weighted by molar-refractivity contribution is 0.0698. The van der Waals surface area contributed by atoms with Crippen LogP contribution >= 0.6 is 11.3 Å². The Morgan fingerprint density at radius 2 is 1.80 bits per heavy atom. The molecule has 2 heterocycles. The highest BCUT2D eigenvalue weighted by Gasteiger charge is 2.25. The first kappa shape index (κ1) is 17.7. The lowest BCUT2D eigenvalue weighted by Gasteiger charge is -2.32. The molecule has 4 nitrogen and oxygen atoms in total. The molecule has 0 aliphatic carbocycles. The fourth-order valence-corrected chi connectivity index (χ4v) is 3.71. The highest BCUT2D eigenvalue weighted by Crippen LogP contribution is 2.18. The number of hydrogen-bond acceptors (Lipinski definition) is 3. The summed E-state index contributed by atoms with van der Waals surface area (Å²) in [5.74, 6) is 0.536. The number of benzene rings is 1. The minimum Gasteiger partial charge on any atom is -0.348 e. The van der Waals surface area contributed by atoms with E-state index >= 15 is 0 Å². The second kappa shape index (κ2) is 7.83. The fourth-order valence-electron chi connectivity index (χ4n) is 3.08. The normalized spacial score (nSPS) is 15.4. The summed E-state index contributed by atoms with van der Waals surface area (Å²) in [4.78, 5) is 27.4. The van der Waals surface area contributed by atoms with Crippen molar-refractivity contribution >= 4 is 23.2 Å². The van der Waals surface area contributed by atoms with Gasteiger partial charge in [-0.3, -0.25) is 9.59 Å². The first-order valence-electron chi connectivity index (χ1n) is 8.78. The molecule has 0 bridgehead atoms. The van der Waals surface area contributed by atoms with Gasteiger partial charge in [0.05, 0.1) is 4.88 Å². The molecule has 0 unspecified atom stereocenters. The third-order valence-corrected chi connectivity index (χ3v) is 5.56. The summed E-state index contributed by atoms with van der Waals surface area (Å²) >= 11 is 1.45. The van der Waals surface area contributed by atoms with E-state index in [1.54, 1.807) is 0 Å². The van der Waals surface area contributed by atoms with Gasteiger partial charge >= 0.3 is 0 Å². The number of carbonyl (C=O) groups excluding carboxylic acids is 2. The van der Waals surface area contributed by atoms with E-state index in [9.17, 15) is 9.59 Å². The van der Waals surface area contributed by atoms with Crippen LogP contribution in [0.2, 0.25) is 0 Å². The molecule has 2 aromatic rings. The molecule has 0 spiro atoms. The summed E-state index contributed by atoms with van der Waals surface area (Å²) in [5, 5.41) is 4.98. The van der Waals surface area contributed by atoms with Crippen molar-refractivity contribution in [2.45, 2.75) is 38.6 Å². The summed E-state index contributed by atoms with van der Waals surface area (Å²) in [6, 6.07) is 11.8. The van der Waals surface area contributed by atoms with Gasteiger partial charge in [-0.1, -0.05) is 32.0 Å². The summed E-state index contributed by atoms with van der Waals surface area (Å²) in [6.07, 6.45) is 1.60. The Bertz CT molecular complexity index is 715. The Labute approximate surface area is 152 Å². The molecule has 1 aromatic heterocycles. The zero-order chi connectivity index (χ0) is 17.8. The lowest BCUT2D eigenvalue weighted by atomic mass is 10.0. The molecule has 0 radical (unpaired) electrons. The first-order valence-corrected chi connectivity index (χ1v) is 9.66. The largest absolute Gasteiger partial charge is 0.348 e. The zero-order valence-electron chi connectivity index (χ0n) is 14.7. The van der Waals surface area contributed by atoms with Crippen LogP contribution in [0.4, 0.5) is 0 Å². The minimum absolute atomic E-state index is 0.0101. The second-order valence-electron chi connectivity index (χ2n) is 6.79. The summed E-state index contributed by atoms with van der Waals surface area (Å²) < 4.78 is 0. The quantitative estimate of drug-likeness (QED) is 0.903. The van der Waals surface area contributed by atoms with Crippen LogP contribution < -0.4 is 5.32 Å². The Balaban J connectivity index is 1.53. The minimum atomic E-state index is -0.0101. The van der Waals surface area contributed by atoms with Crippen molar-refractivity contribution in [2.75, 3.05) is 13.1 Å². The van der Waals surface area contributed by atoms with Gasteiger partial charge in [0.15, 0.2) is 0 Å². The summed E-state index contributed by atoms with van der Waals surface area (Å²) in [7, 11) is 0. The van der Waals surface area contributed by atoms with E-state index in [2.05, 4.69) is 19.2 Å². The predicted molar refractivity (Wildman–Crippen MR) is 101 cm³/mol. The molecule has 25 heavy (non-hydrogen) atoms. The number of amides is 2. The number of nitrogens with one attached hydrogen (secondary N) is 1. The number of rotatable bonds is 4. The number of hydrogen-bond donors (Lipinski definition) is 1. The smallest absolute Gasteiger partial charge is 0.261 e. The van der Waals surface area contributed by atoms with Crippen molar-refractivity contribution in [1.29, 1.82) is 0 Å². The molecule has 1 aromatic carbocycles. The van der Waals surface area contributed by atoms with Crippen LogP contribution in [0, 0.1) is 0 Å². The first-order chi connectivity index (χ1) is 12.0.